The number of carboxylic acids is 4. The van der Waals surface area contributed by atoms with Gasteiger partial charge in [-0.25, -0.2) is 23.7 Å². The van der Waals surface area contributed by atoms with Crippen molar-refractivity contribution in [3.8, 4) is 0 Å². The van der Waals surface area contributed by atoms with E-state index in [-0.39, 0.29) is 0 Å². The van der Waals surface area contributed by atoms with Gasteiger partial charge >= 0.3 is 31.7 Å². The number of phosphoric ester groups is 1. The van der Waals surface area contributed by atoms with E-state index in [0.717, 1.165) is 0 Å². The number of carbonyl (C=O) groups is 4. The number of aliphatic hydroxyl groups excluding tert-OH is 32. The zero-order valence-electron chi connectivity index (χ0n) is 73.3. The summed E-state index contributed by atoms with van der Waals surface area (Å²) in [6.45, 7) is -12.8. The average Bonchev–Trinajstić information content (AvgIpc) is 0.736. The fourth-order valence-corrected chi connectivity index (χ4v) is 18.1. The molecule has 0 unspecified atom stereocenters. The molecule has 0 bridgehead atoms. The fraction of sp³-hybridized carbons (Fsp3) is 0.945. The van der Waals surface area contributed by atoms with Crippen LogP contribution in [0.25, 0.3) is 0 Å². The van der Waals surface area contributed by atoms with Crippen LogP contribution in [0.1, 0.15) is 12.8 Å². The smallest absolute Gasteiger partial charge is 0.470 e. The number of rotatable bonds is 40. The molecule has 11 fully saturated rings. The second-order valence-corrected chi connectivity index (χ2v) is 36.4. The Morgan fingerprint density at radius 1 is 0.331 bits per heavy atom. The summed E-state index contributed by atoms with van der Waals surface area (Å²) in [5.74, 6) is -16.9. The van der Waals surface area contributed by atoms with E-state index in [1.54, 1.807) is 0 Å². The van der Waals surface area contributed by atoms with Crippen molar-refractivity contribution in [3.05, 3.63) is 0 Å². The molecule has 0 aromatic carbocycles. The summed E-state index contributed by atoms with van der Waals surface area (Å²) in [4.78, 5) is 74.1. The Bertz CT molecular complexity index is 4060. The van der Waals surface area contributed by atoms with E-state index in [1.165, 1.54) is 0 Å². The maximum absolute atomic E-state index is 14.4. The van der Waals surface area contributed by atoms with E-state index in [9.17, 15) is 217 Å². The van der Waals surface area contributed by atoms with Crippen molar-refractivity contribution in [2.45, 2.75) is 368 Å². The molecule has 68 nitrogen and oxygen atoms in total. The number of aliphatic hydroxyl groups is 32. The van der Waals surface area contributed by atoms with Crippen molar-refractivity contribution >= 4 is 31.7 Å². The molecule has 58 atom stereocenters. The second-order valence-electron chi connectivity index (χ2n) is 35.2. The summed E-state index contributed by atoms with van der Waals surface area (Å²) in [6, 6.07) is -5.59. The van der Waals surface area contributed by atoms with E-state index >= 15 is 0 Å². The normalized spacial score (nSPS) is 49.0. The predicted molar refractivity (Wildman–Crippen MR) is 421 cm³/mol. The molecule has 0 aliphatic carbocycles. The molecule has 11 rings (SSSR count). The highest BCUT2D eigenvalue weighted by molar-refractivity contribution is 7.46. The van der Waals surface area contributed by atoms with Crippen LogP contribution in [0.5, 0.6) is 0 Å². The summed E-state index contributed by atoms with van der Waals surface area (Å²) in [6.07, 6.45) is -138. The first kappa shape index (κ1) is 118. The number of phosphoric acid groups is 1. The molecule has 0 aromatic heterocycles. The van der Waals surface area contributed by atoms with Crippen molar-refractivity contribution in [1.82, 2.24) is 0 Å². The lowest BCUT2D eigenvalue weighted by molar-refractivity contribution is -0.419. The molecular weight excluding hydrogens is 1990 g/mol. The molecule has 44 N–H and O–H groups in total. The van der Waals surface area contributed by atoms with Gasteiger partial charge in [-0.05, 0) is 0 Å². The lowest BCUT2D eigenvalue weighted by Crippen LogP contribution is -2.71. The van der Waals surface area contributed by atoms with Crippen LogP contribution in [0.3, 0.4) is 0 Å². The molecule has 0 spiro atoms. The molecular formula is C73H122N3O65P. The monoisotopic (exact) mass is 2110 g/mol. The number of hydrogen-bond acceptors (Lipinski definition) is 62. The molecule has 11 heterocycles. The van der Waals surface area contributed by atoms with Crippen molar-refractivity contribution < 1.29 is 321 Å². The van der Waals surface area contributed by atoms with Gasteiger partial charge in [0.25, 0.3) is 11.6 Å². The van der Waals surface area contributed by atoms with Gasteiger partial charge in [0.05, 0.1) is 89.8 Å². The summed E-state index contributed by atoms with van der Waals surface area (Å²) in [5.41, 5.74) is 17.9. The minimum absolute atomic E-state index is 1.01. The maximum atomic E-state index is 14.4. The molecule has 142 heavy (non-hydrogen) atoms. The highest BCUT2D eigenvalue weighted by atomic mass is 31.2. The molecule has 0 saturated carbocycles. The minimum Gasteiger partial charge on any atom is -0.479 e. The van der Waals surface area contributed by atoms with Gasteiger partial charge in [-0.2, -0.15) is 0 Å². The first-order chi connectivity index (χ1) is 66.5. The number of aliphatic carboxylic acids is 4. The average molecular weight is 2110 g/mol. The van der Waals surface area contributed by atoms with Crippen LogP contribution < -0.4 is 17.2 Å². The summed E-state index contributed by atoms with van der Waals surface area (Å²) < 4.78 is 138. The zero-order chi connectivity index (χ0) is 105. The Hall–Kier alpha value is -4.25. The first-order valence-corrected chi connectivity index (χ1v) is 45.1. The topological polar surface area (TPSA) is 1140 Å². The van der Waals surface area contributed by atoms with E-state index in [2.05, 4.69) is 0 Å². The first-order valence-electron chi connectivity index (χ1n) is 43.5. The van der Waals surface area contributed by atoms with Crippen molar-refractivity contribution in [3.63, 3.8) is 0 Å². The van der Waals surface area contributed by atoms with Gasteiger partial charge in [-0.1, -0.05) is 0 Å². The molecule has 11 aliphatic rings. The van der Waals surface area contributed by atoms with Gasteiger partial charge in [-0.3, -0.25) is 4.52 Å². The molecule has 0 aromatic rings. The van der Waals surface area contributed by atoms with Crippen LogP contribution in [-0.2, 0) is 128 Å². The lowest BCUT2D eigenvalue weighted by Gasteiger charge is -2.53. The molecule has 11 aliphatic heterocycles. The highest BCUT2D eigenvalue weighted by Crippen LogP contribution is 2.48. The van der Waals surface area contributed by atoms with Crippen LogP contribution in [0.4, 0.5) is 0 Å². The van der Waals surface area contributed by atoms with Crippen LogP contribution in [0.2, 0.25) is 0 Å². The Morgan fingerprint density at radius 2 is 0.754 bits per heavy atom. The minimum atomic E-state index is -5.97. The van der Waals surface area contributed by atoms with E-state index < -0.39 is 459 Å². The number of hydrogen-bond donors (Lipinski definition) is 41. The predicted octanol–water partition coefficient (Wildman–Crippen LogP) is -27.0. The summed E-state index contributed by atoms with van der Waals surface area (Å²) >= 11 is 0. The Kier molecular flexibility index (Phi) is 40.7. The molecule has 0 radical (unpaired) electrons. The van der Waals surface area contributed by atoms with E-state index in [0.29, 0.717) is 0 Å². The zero-order valence-corrected chi connectivity index (χ0v) is 74.2. The fourth-order valence-electron chi connectivity index (χ4n) is 17.5. The van der Waals surface area contributed by atoms with Gasteiger partial charge in [0.2, 0.25) is 0 Å². The van der Waals surface area contributed by atoms with Crippen LogP contribution in [0.15, 0.2) is 0 Å². The van der Waals surface area contributed by atoms with Crippen molar-refractivity contribution in [2.75, 3.05) is 59.5 Å². The number of carboxylic acid groups (broad SMARTS) is 4. The lowest BCUT2D eigenvalue weighted by atomic mass is 9.89. The Morgan fingerprint density at radius 3 is 1.34 bits per heavy atom. The standard InChI is InChI=1S/C73H122N3O65P/c74-23-30(92)28(90)20(124-61(23)112)9-121-62-25(76)32(94)51(141-142(117,118)119)22(127-62)11-123-72(70(113)114)2-18(138-73(71(115)116)1-12(82)26(88)48(139-73)14(84)4-78)52(50(140-72)16(86)6-80)131-69-45(107)55(57(49(130-69)15(85)5-79)136-66-41(103)33(95)29(91)21(126-66)10-122-65-40(102)35(97)37(99)56(135-65)59(108)109)134-68-44(106)53(43(105)47(129-68)17(87)8-120-64-39(101)34(96)36(98)46(128-64)13(83)3-77)132-67-42(104)38(100)54(58(137-67)60(110)111)133-63-24(75)31(93)27(89)19(7-81)125-63/h12-58,61-69,77-107,112H,1-11,74-76H2,(H,108,109)(H,110,111)(H,113,114)(H,115,116)(H2,117,118,119)/t12-,13+,14-,15+,16-,17+,18+,19-,20-,21-,22-,23-,24-,25-,26-,27-,28-,29-,30-,31-,32-,33+,34+,35+,36+,37-,38-,39+,40-,41-,42-,43-,44+,45+,46-,47-,48-,49-,50-,51-,52-,53+,54+,55-,56+,57-,58+,61+,62-,63-,64+,65-,66+,67+,68-,69-,72-,73-/m1/s1. The molecule has 824 valence electrons. The van der Waals surface area contributed by atoms with Crippen LogP contribution >= 0.6 is 7.82 Å². The van der Waals surface area contributed by atoms with Crippen molar-refractivity contribution in [2.24, 2.45) is 17.2 Å². The molecule has 11 saturated heterocycles. The SMILES string of the molecule is N[C@@H]1[C@@H](O)[C@H](O)[C@@H](CO[C@@H]2O[C@H](CO[C@]3(C(=O)O)C[C@H](O[C@]4(C(=O)O)C[C@@H](O)[C@@H](O)[C@@H]([C@H](O)CO)O4)[C@@H](O[C@H]4O[C@H]([C@@H](O)CO)[C@@H](O[C@@H]5O[C@H](CO[C@@H]6O[C@H](C(=O)O)[C@H](O)[C@H](O)[C@H]6O)[C@@H](O)[C@H](O)[C@H]5O)[C@H](O[C@H]5O[C@H]([C@@H](O)CO[C@H]6O[C@H]([C@@H](O)CO)[C@@H](O)[C@H](O)[C@@H]6O)[C@@H](O)[C@H](O[C@H]6O[C@H](C(=O)O)[C@@H](O[C@H]7O[C@H](CO)[C@@H](O)[C@H](O)[C@H]7N)[C@H](O)[C@H]6O)[C@@H]5O)[C@@H]4O)[C@@H]([C@H](O)CO)O3)[C@@H](OP(=O)(O)O)[C@H](O)[C@H]2N)O[C@@H]1O. The summed E-state index contributed by atoms with van der Waals surface area (Å²) in [7, 11) is -5.97. The van der Waals surface area contributed by atoms with E-state index in [4.69, 9.17) is 121 Å². The van der Waals surface area contributed by atoms with Crippen molar-refractivity contribution in [1.29, 1.82) is 0 Å². The maximum Gasteiger partial charge on any atom is 0.470 e. The quantitative estimate of drug-likeness (QED) is 0.0253. The van der Waals surface area contributed by atoms with Gasteiger partial charge < -0.3 is 310 Å². The van der Waals surface area contributed by atoms with Crippen LogP contribution in [0, 0.1) is 0 Å². The third-order valence-corrected chi connectivity index (χ3v) is 26.1. The Labute approximate surface area is 795 Å². The van der Waals surface area contributed by atoms with Gasteiger partial charge in [0.15, 0.2) is 68.8 Å². The van der Waals surface area contributed by atoms with Gasteiger partial charge in [0, 0.05) is 12.8 Å². The number of nitrogens with two attached hydrogens (primary N) is 3. The largest absolute Gasteiger partial charge is 0.479 e. The second kappa shape index (κ2) is 49.0. The molecule has 69 heteroatoms. The van der Waals surface area contributed by atoms with E-state index in [1.807, 2.05) is 0 Å². The molecule has 0 amide bonds. The van der Waals surface area contributed by atoms with Gasteiger partial charge in [-0.15, -0.1) is 0 Å². The Balaban J connectivity index is 1.03. The highest BCUT2D eigenvalue weighted by Gasteiger charge is 2.67. The number of ether oxygens (including phenoxy) is 21. The third kappa shape index (κ3) is 25.2. The van der Waals surface area contributed by atoms with Gasteiger partial charge in [0.1, 0.15) is 244 Å². The van der Waals surface area contributed by atoms with Crippen LogP contribution in [-0.4, -0.2) is 632 Å². The third-order valence-electron chi connectivity index (χ3n) is 25.6. The summed E-state index contributed by atoms with van der Waals surface area (Å²) in [5, 5.41) is 402.